The Balaban J connectivity index is 1.54. The van der Waals surface area contributed by atoms with Crippen LogP contribution in [0, 0.1) is 0 Å². The summed E-state index contributed by atoms with van der Waals surface area (Å²) in [6, 6.07) is 13.0. The van der Waals surface area contributed by atoms with E-state index in [1.165, 1.54) is 0 Å². The first-order chi connectivity index (χ1) is 13.9. The molecule has 0 aliphatic carbocycles. The van der Waals surface area contributed by atoms with Crippen LogP contribution >= 0.6 is 11.6 Å². The number of benzene rings is 2. The van der Waals surface area contributed by atoms with Crippen LogP contribution in [0.5, 0.6) is 0 Å². The van der Waals surface area contributed by atoms with Gasteiger partial charge in [0, 0.05) is 37.7 Å². The van der Waals surface area contributed by atoms with Crippen molar-refractivity contribution in [1.82, 2.24) is 4.90 Å². The molecule has 1 aromatic heterocycles. The standard InChI is InChI=1S/C22H22ClF2NO3/c23-19-13-16(11-17-12-18(5-10-27)29-20(17)19)14-1-3-15(4-2-14)21(28)26-8-6-22(24,25)7-9-26/h1-4,11-13,21,27-28H,5-10H2. The number of nitrogens with zero attached hydrogens (tertiary/aromatic N) is 1. The molecule has 4 rings (SSSR count). The summed E-state index contributed by atoms with van der Waals surface area (Å²) in [6.07, 6.45) is -0.941. The number of halogens is 3. The molecular weight excluding hydrogens is 400 g/mol. The molecule has 1 aliphatic heterocycles. The van der Waals surface area contributed by atoms with E-state index in [1.54, 1.807) is 17.0 Å². The largest absolute Gasteiger partial charge is 0.459 e. The van der Waals surface area contributed by atoms with Crippen molar-refractivity contribution in [2.75, 3.05) is 19.7 Å². The molecule has 2 N–H and O–H groups in total. The van der Waals surface area contributed by atoms with E-state index in [0.717, 1.165) is 16.5 Å². The predicted molar refractivity (Wildman–Crippen MR) is 108 cm³/mol. The normalized spacial score (nSPS) is 18.2. The van der Waals surface area contributed by atoms with Crippen molar-refractivity contribution in [3.63, 3.8) is 0 Å². The van der Waals surface area contributed by atoms with Gasteiger partial charge >= 0.3 is 0 Å². The maximum absolute atomic E-state index is 13.3. The van der Waals surface area contributed by atoms with Crippen molar-refractivity contribution in [2.45, 2.75) is 31.4 Å². The second-order valence-corrected chi connectivity index (χ2v) is 7.86. The van der Waals surface area contributed by atoms with Gasteiger partial charge in [-0.1, -0.05) is 35.9 Å². The van der Waals surface area contributed by atoms with Gasteiger partial charge in [-0.2, -0.15) is 0 Å². The summed E-state index contributed by atoms with van der Waals surface area (Å²) < 4.78 is 32.3. The second kappa shape index (κ2) is 8.03. The fourth-order valence-corrected chi connectivity index (χ4v) is 3.98. The van der Waals surface area contributed by atoms with E-state index < -0.39 is 12.2 Å². The molecule has 2 aromatic carbocycles. The Kier molecular flexibility index (Phi) is 5.62. The Morgan fingerprint density at radius 3 is 2.41 bits per heavy atom. The van der Waals surface area contributed by atoms with Gasteiger partial charge in [0.2, 0.25) is 0 Å². The number of hydrogen-bond donors (Lipinski definition) is 2. The number of rotatable bonds is 5. The Labute approximate surface area is 172 Å². The summed E-state index contributed by atoms with van der Waals surface area (Å²) in [6.45, 7) is 0.334. The lowest BCUT2D eigenvalue weighted by molar-refractivity contribution is -0.0961. The van der Waals surface area contributed by atoms with Crippen LogP contribution in [0.15, 0.2) is 46.9 Å². The monoisotopic (exact) mass is 421 g/mol. The Morgan fingerprint density at radius 2 is 1.76 bits per heavy atom. The smallest absolute Gasteiger partial charge is 0.250 e. The minimum absolute atomic E-state index is 0.00272. The fourth-order valence-electron chi connectivity index (χ4n) is 3.72. The van der Waals surface area contributed by atoms with E-state index in [0.29, 0.717) is 28.4 Å². The Hall–Kier alpha value is -1.99. The summed E-state index contributed by atoms with van der Waals surface area (Å²) in [5.74, 6) is -1.96. The van der Waals surface area contributed by atoms with E-state index in [1.807, 2.05) is 30.3 Å². The molecule has 154 valence electrons. The highest BCUT2D eigenvalue weighted by atomic mass is 35.5. The molecule has 1 atom stereocenters. The number of likely N-dealkylation sites (tertiary alicyclic amines) is 1. The molecule has 1 fully saturated rings. The highest BCUT2D eigenvalue weighted by Crippen LogP contribution is 2.35. The molecule has 0 bridgehead atoms. The summed E-state index contributed by atoms with van der Waals surface area (Å²) >= 11 is 6.37. The van der Waals surface area contributed by atoms with Gasteiger partial charge < -0.3 is 14.6 Å². The molecule has 0 spiro atoms. The number of furan rings is 1. The molecule has 1 saturated heterocycles. The number of fused-ring (bicyclic) bond motifs is 1. The molecule has 4 nitrogen and oxygen atoms in total. The molecular formula is C22H22ClF2NO3. The average Bonchev–Trinajstić information content (AvgIpc) is 3.11. The zero-order valence-electron chi connectivity index (χ0n) is 15.7. The first-order valence-corrected chi connectivity index (χ1v) is 9.97. The van der Waals surface area contributed by atoms with Crippen molar-refractivity contribution in [3.8, 4) is 11.1 Å². The van der Waals surface area contributed by atoms with Gasteiger partial charge in [0.05, 0.1) is 11.6 Å². The summed E-state index contributed by atoms with van der Waals surface area (Å²) in [4.78, 5) is 1.67. The van der Waals surface area contributed by atoms with Gasteiger partial charge in [0.1, 0.15) is 12.0 Å². The topological polar surface area (TPSA) is 56.8 Å². The van der Waals surface area contributed by atoms with Crippen LogP contribution in [0.25, 0.3) is 22.1 Å². The quantitative estimate of drug-likeness (QED) is 0.608. The molecule has 7 heteroatoms. The molecule has 1 unspecified atom stereocenters. The third kappa shape index (κ3) is 4.31. The maximum atomic E-state index is 13.3. The molecule has 3 aromatic rings. The third-order valence-electron chi connectivity index (χ3n) is 5.40. The van der Waals surface area contributed by atoms with E-state index in [9.17, 15) is 13.9 Å². The lowest BCUT2D eigenvalue weighted by atomic mass is 10.0. The predicted octanol–water partition coefficient (Wildman–Crippen LogP) is 5.01. The van der Waals surface area contributed by atoms with Gasteiger partial charge in [-0.3, -0.25) is 4.90 Å². The van der Waals surface area contributed by atoms with Crippen LogP contribution in [0.3, 0.4) is 0 Å². The van der Waals surface area contributed by atoms with Crippen molar-refractivity contribution in [1.29, 1.82) is 0 Å². The summed E-state index contributed by atoms with van der Waals surface area (Å²) in [7, 11) is 0. The van der Waals surface area contributed by atoms with Crippen LogP contribution in [0.2, 0.25) is 5.02 Å². The third-order valence-corrected chi connectivity index (χ3v) is 5.68. The highest BCUT2D eigenvalue weighted by Gasteiger charge is 2.36. The van der Waals surface area contributed by atoms with Crippen molar-refractivity contribution in [2.24, 2.45) is 0 Å². The van der Waals surface area contributed by atoms with Crippen LogP contribution in [-0.4, -0.2) is 40.7 Å². The van der Waals surface area contributed by atoms with Crippen LogP contribution in [0.4, 0.5) is 8.78 Å². The van der Waals surface area contributed by atoms with E-state index in [-0.39, 0.29) is 32.5 Å². The summed E-state index contributed by atoms with van der Waals surface area (Å²) in [5, 5.41) is 21.0. The van der Waals surface area contributed by atoms with E-state index in [2.05, 4.69) is 0 Å². The van der Waals surface area contributed by atoms with Gasteiger partial charge in [0.15, 0.2) is 5.58 Å². The number of aliphatic hydroxyl groups is 2. The highest BCUT2D eigenvalue weighted by molar-refractivity contribution is 6.35. The first kappa shape index (κ1) is 20.3. The van der Waals surface area contributed by atoms with Crippen molar-refractivity contribution < 1.29 is 23.4 Å². The summed E-state index contributed by atoms with van der Waals surface area (Å²) in [5.41, 5.74) is 3.07. The molecule has 1 aliphatic rings. The Bertz CT molecular complexity index is 993. The lowest BCUT2D eigenvalue weighted by Crippen LogP contribution is -2.41. The van der Waals surface area contributed by atoms with Crippen molar-refractivity contribution in [3.05, 3.63) is 58.8 Å². The number of piperidine rings is 1. The Morgan fingerprint density at radius 1 is 1.07 bits per heavy atom. The number of hydrogen-bond acceptors (Lipinski definition) is 4. The average molecular weight is 422 g/mol. The molecule has 0 amide bonds. The van der Waals surface area contributed by atoms with Gasteiger partial charge in [-0.05, 0) is 34.9 Å². The minimum atomic E-state index is -2.64. The minimum Gasteiger partial charge on any atom is -0.459 e. The molecule has 0 saturated carbocycles. The van der Waals surface area contributed by atoms with Crippen LogP contribution in [0.1, 0.15) is 30.4 Å². The zero-order chi connectivity index (χ0) is 20.6. The van der Waals surface area contributed by atoms with Gasteiger partial charge in [0.25, 0.3) is 5.92 Å². The molecule has 29 heavy (non-hydrogen) atoms. The fraction of sp³-hybridized carbons (Fsp3) is 0.364. The lowest BCUT2D eigenvalue weighted by Gasteiger charge is -2.35. The van der Waals surface area contributed by atoms with Crippen LogP contribution in [-0.2, 0) is 6.42 Å². The van der Waals surface area contributed by atoms with Crippen molar-refractivity contribution >= 4 is 22.6 Å². The van der Waals surface area contributed by atoms with Gasteiger partial charge in [-0.25, -0.2) is 8.78 Å². The number of alkyl halides is 2. The van der Waals surface area contributed by atoms with E-state index in [4.69, 9.17) is 21.1 Å². The maximum Gasteiger partial charge on any atom is 0.250 e. The first-order valence-electron chi connectivity index (χ1n) is 9.59. The van der Waals surface area contributed by atoms with Gasteiger partial charge in [-0.15, -0.1) is 0 Å². The van der Waals surface area contributed by atoms with Crippen LogP contribution < -0.4 is 0 Å². The molecule has 2 heterocycles. The molecule has 0 radical (unpaired) electrons. The zero-order valence-corrected chi connectivity index (χ0v) is 16.5. The second-order valence-electron chi connectivity index (χ2n) is 7.45. The van der Waals surface area contributed by atoms with E-state index >= 15 is 0 Å². The SMILES string of the molecule is OCCc1cc2cc(-c3ccc(C(O)N4CCC(F)(F)CC4)cc3)cc(Cl)c2o1. The number of aliphatic hydroxyl groups excluding tert-OH is 2.